The van der Waals surface area contributed by atoms with Crippen LogP contribution < -0.4 is 5.32 Å². The molecule has 18 heavy (non-hydrogen) atoms. The molecular formula is C15H26N2O. The van der Waals surface area contributed by atoms with Crippen molar-refractivity contribution in [2.24, 2.45) is 11.8 Å². The molecule has 1 aliphatic carbocycles. The van der Waals surface area contributed by atoms with Crippen molar-refractivity contribution in [3.05, 3.63) is 12.2 Å². The average Bonchev–Trinajstić information content (AvgIpc) is 2.46. The van der Waals surface area contributed by atoms with Crippen LogP contribution in [0.25, 0.3) is 0 Å². The van der Waals surface area contributed by atoms with Crippen LogP contribution in [0.15, 0.2) is 12.2 Å². The van der Waals surface area contributed by atoms with Crippen molar-refractivity contribution in [1.82, 2.24) is 10.2 Å². The summed E-state index contributed by atoms with van der Waals surface area (Å²) in [6.45, 7) is 6.13. The normalized spacial score (nSPS) is 28.1. The molecule has 1 fully saturated rings. The van der Waals surface area contributed by atoms with E-state index in [1.54, 1.807) is 0 Å². The Morgan fingerprint density at radius 3 is 2.89 bits per heavy atom. The zero-order valence-electron chi connectivity index (χ0n) is 11.5. The monoisotopic (exact) mass is 250 g/mol. The minimum absolute atomic E-state index is 0.242. The summed E-state index contributed by atoms with van der Waals surface area (Å²) in [4.78, 5) is 14.6. The fraction of sp³-hybridized carbons (Fsp3) is 0.800. The Morgan fingerprint density at radius 1 is 1.39 bits per heavy atom. The second-order valence-corrected chi connectivity index (χ2v) is 5.57. The van der Waals surface area contributed by atoms with E-state index in [0.29, 0.717) is 11.8 Å². The first kappa shape index (κ1) is 13.6. The quantitative estimate of drug-likeness (QED) is 0.776. The number of hydrogen-bond donors (Lipinski definition) is 1. The number of nitrogens with one attached hydrogen (secondary N) is 1. The van der Waals surface area contributed by atoms with Gasteiger partial charge in [0.05, 0.1) is 0 Å². The van der Waals surface area contributed by atoms with Crippen molar-refractivity contribution in [1.29, 1.82) is 0 Å². The van der Waals surface area contributed by atoms with Crippen LogP contribution in [0.3, 0.4) is 0 Å². The summed E-state index contributed by atoms with van der Waals surface area (Å²) in [6, 6.07) is 0. The van der Waals surface area contributed by atoms with Crippen LogP contribution in [0.5, 0.6) is 0 Å². The molecule has 0 aromatic carbocycles. The molecule has 0 spiro atoms. The van der Waals surface area contributed by atoms with Gasteiger partial charge in [0.1, 0.15) is 0 Å². The van der Waals surface area contributed by atoms with Gasteiger partial charge in [-0.2, -0.15) is 0 Å². The van der Waals surface area contributed by atoms with E-state index in [4.69, 9.17) is 0 Å². The maximum absolute atomic E-state index is 12.5. The lowest BCUT2D eigenvalue weighted by Crippen LogP contribution is -2.43. The number of carbonyl (C=O) groups is 1. The minimum Gasteiger partial charge on any atom is -0.342 e. The van der Waals surface area contributed by atoms with Crippen molar-refractivity contribution >= 4 is 5.91 Å². The minimum atomic E-state index is 0.242. The Labute approximate surface area is 111 Å². The summed E-state index contributed by atoms with van der Waals surface area (Å²) in [6.07, 6.45) is 9.93. The SMILES string of the molecule is CCN(CC1CCCNC1)C(=O)C1CC=CCC1. The molecular weight excluding hydrogens is 224 g/mol. The van der Waals surface area contributed by atoms with Gasteiger partial charge in [-0.3, -0.25) is 4.79 Å². The molecule has 1 amide bonds. The predicted octanol–water partition coefficient (Wildman–Crippen LogP) is 2.19. The van der Waals surface area contributed by atoms with Crippen LogP contribution in [0.2, 0.25) is 0 Å². The predicted molar refractivity (Wildman–Crippen MR) is 74.3 cm³/mol. The van der Waals surface area contributed by atoms with E-state index in [2.05, 4.69) is 29.3 Å². The molecule has 2 aliphatic rings. The number of carbonyl (C=O) groups excluding carboxylic acids is 1. The van der Waals surface area contributed by atoms with Gasteiger partial charge in [0.15, 0.2) is 0 Å². The van der Waals surface area contributed by atoms with E-state index in [0.717, 1.165) is 45.4 Å². The largest absolute Gasteiger partial charge is 0.342 e. The fourth-order valence-corrected chi connectivity index (χ4v) is 3.04. The zero-order chi connectivity index (χ0) is 12.8. The Bertz CT molecular complexity index is 295. The average molecular weight is 250 g/mol. The first-order valence-electron chi connectivity index (χ1n) is 7.45. The lowest BCUT2D eigenvalue weighted by molar-refractivity contribution is -0.136. The first-order chi connectivity index (χ1) is 8.81. The molecule has 0 radical (unpaired) electrons. The van der Waals surface area contributed by atoms with Gasteiger partial charge in [0, 0.05) is 19.0 Å². The van der Waals surface area contributed by atoms with Gasteiger partial charge in [0.2, 0.25) is 5.91 Å². The second kappa shape index (κ2) is 6.93. The second-order valence-electron chi connectivity index (χ2n) is 5.57. The molecule has 0 saturated carbocycles. The summed E-state index contributed by atoms with van der Waals surface area (Å²) >= 11 is 0. The number of allylic oxidation sites excluding steroid dienone is 2. The summed E-state index contributed by atoms with van der Waals surface area (Å²) in [5, 5.41) is 3.43. The lowest BCUT2D eigenvalue weighted by Gasteiger charge is -2.32. The van der Waals surface area contributed by atoms with E-state index >= 15 is 0 Å². The molecule has 2 atom stereocenters. The topological polar surface area (TPSA) is 32.3 Å². The standard InChI is InChI=1S/C15H26N2O/c1-2-17(12-13-7-6-10-16-11-13)15(18)14-8-4-3-5-9-14/h3-4,13-14,16H,2,5-12H2,1H3. The van der Waals surface area contributed by atoms with E-state index in [-0.39, 0.29) is 5.92 Å². The number of hydrogen-bond acceptors (Lipinski definition) is 2. The van der Waals surface area contributed by atoms with Gasteiger partial charge >= 0.3 is 0 Å². The third kappa shape index (κ3) is 3.58. The van der Waals surface area contributed by atoms with Crippen LogP contribution >= 0.6 is 0 Å². The third-order valence-corrected chi connectivity index (χ3v) is 4.19. The Morgan fingerprint density at radius 2 is 2.28 bits per heavy atom. The Hall–Kier alpha value is -0.830. The molecule has 2 unspecified atom stereocenters. The molecule has 102 valence electrons. The lowest BCUT2D eigenvalue weighted by atomic mass is 9.92. The van der Waals surface area contributed by atoms with Crippen molar-refractivity contribution in [3.8, 4) is 0 Å². The Balaban J connectivity index is 1.86. The zero-order valence-corrected chi connectivity index (χ0v) is 11.5. The number of nitrogens with zero attached hydrogens (tertiary/aromatic N) is 1. The maximum atomic E-state index is 12.5. The van der Waals surface area contributed by atoms with Gasteiger partial charge in [0.25, 0.3) is 0 Å². The smallest absolute Gasteiger partial charge is 0.226 e. The summed E-state index contributed by atoms with van der Waals surface area (Å²) < 4.78 is 0. The van der Waals surface area contributed by atoms with Gasteiger partial charge < -0.3 is 10.2 Å². The molecule has 1 heterocycles. The fourth-order valence-electron chi connectivity index (χ4n) is 3.04. The summed E-state index contributed by atoms with van der Waals surface area (Å²) in [5.41, 5.74) is 0. The van der Waals surface area contributed by atoms with Crippen molar-refractivity contribution in [3.63, 3.8) is 0 Å². The Kier molecular flexibility index (Phi) is 5.24. The van der Waals surface area contributed by atoms with E-state index in [1.165, 1.54) is 12.8 Å². The van der Waals surface area contributed by atoms with Gasteiger partial charge in [-0.1, -0.05) is 12.2 Å². The van der Waals surface area contributed by atoms with Gasteiger partial charge in [-0.25, -0.2) is 0 Å². The number of piperidine rings is 1. The molecule has 0 bridgehead atoms. The molecule has 3 heteroatoms. The van der Waals surface area contributed by atoms with Crippen molar-refractivity contribution in [2.45, 2.75) is 39.0 Å². The van der Waals surface area contributed by atoms with Crippen molar-refractivity contribution in [2.75, 3.05) is 26.2 Å². The molecule has 3 nitrogen and oxygen atoms in total. The third-order valence-electron chi connectivity index (χ3n) is 4.19. The highest BCUT2D eigenvalue weighted by molar-refractivity contribution is 5.79. The van der Waals surface area contributed by atoms with Crippen LogP contribution in [0.1, 0.15) is 39.0 Å². The highest BCUT2D eigenvalue weighted by Gasteiger charge is 2.25. The molecule has 0 aromatic rings. The van der Waals surface area contributed by atoms with Crippen molar-refractivity contribution < 1.29 is 4.79 Å². The number of amides is 1. The van der Waals surface area contributed by atoms with Gasteiger partial charge in [-0.15, -0.1) is 0 Å². The highest BCUT2D eigenvalue weighted by atomic mass is 16.2. The number of rotatable bonds is 4. The molecule has 0 aromatic heterocycles. The summed E-state index contributed by atoms with van der Waals surface area (Å²) in [7, 11) is 0. The van der Waals surface area contributed by atoms with Crippen LogP contribution in [-0.2, 0) is 4.79 Å². The van der Waals surface area contributed by atoms with Crippen LogP contribution in [0.4, 0.5) is 0 Å². The van der Waals surface area contributed by atoms with Crippen LogP contribution in [-0.4, -0.2) is 37.0 Å². The first-order valence-corrected chi connectivity index (χ1v) is 7.45. The molecule has 1 saturated heterocycles. The van der Waals surface area contributed by atoms with Gasteiger partial charge in [-0.05, 0) is 58.0 Å². The molecule has 1 N–H and O–H groups in total. The van der Waals surface area contributed by atoms with E-state index in [1.807, 2.05) is 0 Å². The van der Waals surface area contributed by atoms with Crippen LogP contribution in [0, 0.1) is 11.8 Å². The molecule has 2 rings (SSSR count). The summed E-state index contributed by atoms with van der Waals surface area (Å²) in [5.74, 6) is 1.28. The van der Waals surface area contributed by atoms with E-state index < -0.39 is 0 Å². The van der Waals surface area contributed by atoms with E-state index in [9.17, 15) is 4.79 Å². The maximum Gasteiger partial charge on any atom is 0.226 e. The highest BCUT2D eigenvalue weighted by Crippen LogP contribution is 2.22. The molecule has 1 aliphatic heterocycles.